The molecule has 0 spiro atoms. The van der Waals surface area contributed by atoms with Crippen LogP contribution in [0.2, 0.25) is 0 Å². The van der Waals surface area contributed by atoms with Crippen LogP contribution in [-0.4, -0.2) is 27.7 Å². The van der Waals surface area contributed by atoms with Gasteiger partial charge in [-0.2, -0.15) is 0 Å². The van der Waals surface area contributed by atoms with Crippen molar-refractivity contribution in [3.63, 3.8) is 0 Å². The first kappa shape index (κ1) is 12.2. The van der Waals surface area contributed by atoms with E-state index in [4.69, 9.17) is 0 Å². The lowest BCUT2D eigenvalue weighted by molar-refractivity contribution is -0.138. The highest BCUT2D eigenvalue weighted by atomic mass is 32.2. The Morgan fingerprint density at radius 2 is 2.00 bits per heavy atom. The number of carbonyl (C=O) groups is 2. The van der Waals surface area contributed by atoms with Crippen molar-refractivity contribution in [2.24, 2.45) is 0 Å². The molecule has 0 radical (unpaired) electrons. The monoisotopic (exact) mass is 249 g/mol. The average molecular weight is 249 g/mol. The highest BCUT2D eigenvalue weighted by Crippen LogP contribution is 2.26. The van der Waals surface area contributed by atoms with Crippen LogP contribution in [0.5, 0.6) is 0 Å². The zero-order valence-corrected chi connectivity index (χ0v) is 10.6. The molecular weight excluding hydrogens is 234 g/mol. The molecule has 0 bridgehead atoms. The van der Waals surface area contributed by atoms with Crippen LogP contribution in [0.3, 0.4) is 0 Å². The van der Waals surface area contributed by atoms with E-state index in [1.165, 1.54) is 4.90 Å². The molecule has 3 nitrogen and oxygen atoms in total. The van der Waals surface area contributed by atoms with Gasteiger partial charge in [0.2, 0.25) is 11.8 Å². The van der Waals surface area contributed by atoms with E-state index >= 15 is 0 Å². The maximum atomic E-state index is 12.0. The van der Waals surface area contributed by atoms with Crippen molar-refractivity contribution < 1.29 is 9.59 Å². The van der Waals surface area contributed by atoms with E-state index in [0.717, 1.165) is 11.3 Å². The molecular formula is C13H15NO2S. The number of benzene rings is 1. The topological polar surface area (TPSA) is 37.4 Å². The summed E-state index contributed by atoms with van der Waals surface area (Å²) in [6.07, 6.45) is 0.351. The molecule has 2 rings (SSSR count). The Hall–Kier alpha value is -1.29. The molecule has 0 saturated carbocycles. The average Bonchev–Trinajstić information content (AvgIpc) is 2.59. The fraction of sp³-hybridized carbons (Fsp3) is 0.385. The Labute approximate surface area is 105 Å². The zero-order valence-electron chi connectivity index (χ0n) is 9.76. The molecule has 2 amide bonds. The van der Waals surface area contributed by atoms with Gasteiger partial charge in [0.15, 0.2) is 0 Å². The Bertz CT molecular complexity index is 419. The molecule has 1 aromatic carbocycles. The van der Waals surface area contributed by atoms with E-state index in [1.807, 2.05) is 37.3 Å². The molecule has 0 aliphatic carbocycles. The molecule has 0 N–H and O–H groups in total. The predicted octanol–water partition coefficient (Wildman–Crippen LogP) is 2.07. The Morgan fingerprint density at radius 1 is 1.29 bits per heavy atom. The summed E-state index contributed by atoms with van der Waals surface area (Å²) in [5.74, 6) is 0.776. The summed E-state index contributed by atoms with van der Waals surface area (Å²) in [5.41, 5.74) is 0.997. The van der Waals surface area contributed by atoms with E-state index in [1.54, 1.807) is 11.8 Å². The van der Waals surface area contributed by atoms with Crippen molar-refractivity contribution in [2.45, 2.75) is 25.1 Å². The lowest BCUT2D eigenvalue weighted by Gasteiger charge is -2.14. The van der Waals surface area contributed by atoms with Crippen LogP contribution >= 0.6 is 11.8 Å². The zero-order chi connectivity index (χ0) is 12.3. The molecule has 17 heavy (non-hydrogen) atoms. The number of hydrogen-bond acceptors (Lipinski definition) is 3. The van der Waals surface area contributed by atoms with Crippen molar-refractivity contribution in [3.05, 3.63) is 35.9 Å². The first-order valence-corrected chi connectivity index (χ1v) is 6.77. The number of hydrogen-bond donors (Lipinski definition) is 0. The fourth-order valence-electron chi connectivity index (χ4n) is 1.92. The number of rotatable bonds is 4. The first-order valence-electron chi connectivity index (χ1n) is 5.72. The van der Waals surface area contributed by atoms with Gasteiger partial charge in [-0.3, -0.25) is 14.5 Å². The number of imide groups is 1. The molecule has 90 valence electrons. The van der Waals surface area contributed by atoms with Gasteiger partial charge in [0.25, 0.3) is 0 Å². The quantitative estimate of drug-likeness (QED) is 0.767. The Balaban J connectivity index is 2.07. The summed E-state index contributed by atoms with van der Waals surface area (Å²) in [7, 11) is 0. The van der Waals surface area contributed by atoms with E-state index in [0.29, 0.717) is 13.0 Å². The Kier molecular flexibility index (Phi) is 3.84. The highest BCUT2D eigenvalue weighted by Gasteiger charge is 2.38. The second-order valence-corrected chi connectivity index (χ2v) is 5.43. The normalized spacial score (nSPS) is 20.1. The van der Waals surface area contributed by atoms with Gasteiger partial charge in [-0.15, -0.1) is 11.8 Å². The number of thioether (sulfide) groups is 1. The van der Waals surface area contributed by atoms with Crippen LogP contribution in [-0.2, 0) is 16.1 Å². The van der Waals surface area contributed by atoms with Gasteiger partial charge in [0.1, 0.15) is 0 Å². The number of likely N-dealkylation sites (tertiary alicyclic amines) is 1. The van der Waals surface area contributed by atoms with Crippen molar-refractivity contribution in [1.29, 1.82) is 0 Å². The van der Waals surface area contributed by atoms with Crippen LogP contribution in [0.1, 0.15) is 18.9 Å². The third kappa shape index (κ3) is 2.69. The minimum absolute atomic E-state index is 0.0364. The van der Waals surface area contributed by atoms with E-state index in [-0.39, 0.29) is 17.1 Å². The van der Waals surface area contributed by atoms with Crippen LogP contribution < -0.4 is 0 Å². The molecule has 4 heteroatoms. The minimum Gasteiger partial charge on any atom is -0.277 e. The summed E-state index contributed by atoms with van der Waals surface area (Å²) in [4.78, 5) is 25.1. The van der Waals surface area contributed by atoms with Gasteiger partial charge in [0, 0.05) is 6.42 Å². The molecule has 1 heterocycles. The first-order chi connectivity index (χ1) is 8.22. The molecule has 1 unspecified atom stereocenters. The van der Waals surface area contributed by atoms with Crippen LogP contribution in [0, 0.1) is 0 Å². The lowest BCUT2D eigenvalue weighted by Crippen LogP contribution is -2.30. The van der Waals surface area contributed by atoms with Crippen molar-refractivity contribution >= 4 is 23.6 Å². The van der Waals surface area contributed by atoms with Gasteiger partial charge in [-0.05, 0) is 11.3 Å². The standard InChI is InChI=1S/C13H15NO2S/c1-2-17-11-8-12(15)14(13(11)16)9-10-6-4-3-5-7-10/h3-7,11H,2,8-9H2,1H3. The number of nitrogens with zero attached hydrogens (tertiary/aromatic N) is 1. The SMILES string of the molecule is CCSC1CC(=O)N(Cc2ccccc2)C1=O. The maximum Gasteiger partial charge on any atom is 0.243 e. The third-order valence-corrected chi connectivity index (χ3v) is 3.86. The summed E-state index contributed by atoms with van der Waals surface area (Å²) >= 11 is 1.55. The molecule has 1 aliphatic heterocycles. The second-order valence-electron chi connectivity index (χ2n) is 3.95. The van der Waals surface area contributed by atoms with Crippen molar-refractivity contribution in [3.8, 4) is 0 Å². The molecule has 1 saturated heterocycles. The smallest absolute Gasteiger partial charge is 0.243 e. The maximum absolute atomic E-state index is 12.0. The van der Waals surface area contributed by atoms with Crippen LogP contribution in [0.25, 0.3) is 0 Å². The van der Waals surface area contributed by atoms with E-state index in [2.05, 4.69) is 0 Å². The minimum atomic E-state index is -0.170. The summed E-state index contributed by atoms with van der Waals surface area (Å²) in [6, 6.07) is 9.62. The predicted molar refractivity (Wildman–Crippen MR) is 68.5 cm³/mol. The summed E-state index contributed by atoms with van der Waals surface area (Å²) in [5, 5.41) is -0.170. The lowest BCUT2D eigenvalue weighted by atomic mass is 10.2. The number of amides is 2. The van der Waals surface area contributed by atoms with Gasteiger partial charge >= 0.3 is 0 Å². The second kappa shape index (κ2) is 5.36. The highest BCUT2D eigenvalue weighted by molar-refractivity contribution is 8.00. The largest absolute Gasteiger partial charge is 0.277 e. The van der Waals surface area contributed by atoms with E-state index in [9.17, 15) is 9.59 Å². The Morgan fingerprint density at radius 3 is 2.65 bits per heavy atom. The van der Waals surface area contributed by atoms with Crippen LogP contribution in [0.15, 0.2) is 30.3 Å². The molecule has 1 atom stereocenters. The third-order valence-electron chi connectivity index (χ3n) is 2.75. The van der Waals surface area contributed by atoms with Gasteiger partial charge in [-0.25, -0.2) is 0 Å². The van der Waals surface area contributed by atoms with Gasteiger partial charge in [-0.1, -0.05) is 37.3 Å². The van der Waals surface area contributed by atoms with Gasteiger partial charge in [0.05, 0.1) is 11.8 Å². The molecule has 1 aromatic rings. The number of carbonyl (C=O) groups excluding carboxylic acids is 2. The van der Waals surface area contributed by atoms with Crippen molar-refractivity contribution in [1.82, 2.24) is 4.90 Å². The summed E-state index contributed by atoms with van der Waals surface area (Å²) in [6.45, 7) is 2.40. The van der Waals surface area contributed by atoms with Crippen LogP contribution in [0.4, 0.5) is 0 Å². The molecule has 1 fully saturated rings. The summed E-state index contributed by atoms with van der Waals surface area (Å²) < 4.78 is 0. The molecule has 1 aliphatic rings. The van der Waals surface area contributed by atoms with E-state index < -0.39 is 0 Å². The van der Waals surface area contributed by atoms with Gasteiger partial charge < -0.3 is 0 Å². The molecule has 0 aromatic heterocycles. The van der Waals surface area contributed by atoms with Crippen molar-refractivity contribution in [2.75, 3.05) is 5.75 Å². The fourth-order valence-corrected chi connectivity index (χ4v) is 2.85.